The first-order valence-corrected chi connectivity index (χ1v) is 10.1. The maximum absolute atomic E-state index is 12.3. The molecule has 1 N–H and O–H groups in total. The number of aromatic nitrogens is 3. The molecule has 29 heavy (non-hydrogen) atoms. The number of piperidine rings is 1. The molecule has 3 heterocycles. The summed E-state index contributed by atoms with van der Waals surface area (Å²) in [7, 11) is 1.31. The van der Waals surface area contributed by atoms with Gasteiger partial charge in [-0.1, -0.05) is 20.3 Å². The van der Waals surface area contributed by atoms with Crippen LogP contribution >= 0.6 is 0 Å². The van der Waals surface area contributed by atoms with Crippen molar-refractivity contribution < 1.29 is 19.1 Å². The van der Waals surface area contributed by atoms with Crippen molar-refractivity contribution in [3.8, 4) is 0 Å². The number of ether oxygens (including phenoxy) is 2. The van der Waals surface area contributed by atoms with Crippen LogP contribution in [0.15, 0.2) is 10.9 Å². The number of carbonyl (C=O) groups is 2. The second-order valence-corrected chi connectivity index (χ2v) is 7.21. The van der Waals surface area contributed by atoms with E-state index in [1.165, 1.54) is 13.2 Å². The number of rotatable bonds is 6. The molecule has 0 spiro atoms. The summed E-state index contributed by atoms with van der Waals surface area (Å²) in [5.74, 6) is -0.469. The maximum Gasteiger partial charge on any atom is 0.409 e. The molecule has 0 unspecified atom stereocenters. The number of methoxy groups -OCH3 is 1. The number of aromatic amines is 1. The minimum atomic E-state index is -0.519. The fourth-order valence-electron chi connectivity index (χ4n) is 3.72. The van der Waals surface area contributed by atoms with Crippen molar-refractivity contribution in [2.75, 3.05) is 26.8 Å². The Morgan fingerprint density at radius 1 is 1.28 bits per heavy atom. The van der Waals surface area contributed by atoms with Gasteiger partial charge in [0, 0.05) is 25.1 Å². The van der Waals surface area contributed by atoms with Gasteiger partial charge in [0.15, 0.2) is 5.65 Å². The molecule has 1 amide bonds. The van der Waals surface area contributed by atoms with Crippen molar-refractivity contribution in [3.63, 3.8) is 0 Å². The zero-order valence-corrected chi connectivity index (χ0v) is 17.2. The van der Waals surface area contributed by atoms with Crippen LogP contribution in [0, 0.1) is 0 Å². The highest BCUT2D eigenvalue weighted by Crippen LogP contribution is 2.29. The number of nitrogens with one attached hydrogen (secondary N) is 1. The predicted octanol–water partition coefficient (Wildman–Crippen LogP) is 2.49. The molecule has 0 bridgehead atoms. The maximum atomic E-state index is 12.3. The number of carbonyl (C=O) groups excluding carboxylic acids is 2. The molecule has 1 saturated heterocycles. The van der Waals surface area contributed by atoms with Gasteiger partial charge in [-0.3, -0.25) is 4.79 Å². The van der Waals surface area contributed by atoms with E-state index in [-0.39, 0.29) is 17.6 Å². The van der Waals surface area contributed by atoms with Gasteiger partial charge in [0.2, 0.25) is 0 Å². The van der Waals surface area contributed by atoms with E-state index in [9.17, 15) is 14.4 Å². The Bertz CT molecular complexity index is 940. The molecular weight excluding hydrogens is 376 g/mol. The molecule has 0 aromatic carbocycles. The van der Waals surface area contributed by atoms with Crippen LogP contribution in [0.5, 0.6) is 0 Å². The normalized spacial score (nSPS) is 14.9. The molecule has 2 aromatic heterocycles. The summed E-state index contributed by atoms with van der Waals surface area (Å²) in [5, 5.41) is 4.56. The van der Waals surface area contributed by atoms with Crippen LogP contribution in [0.1, 0.15) is 67.2 Å². The highest BCUT2D eigenvalue weighted by Gasteiger charge is 2.29. The first-order chi connectivity index (χ1) is 14.0. The Morgan fingerprint density at radius 3 is 2.62 bits per heavy atom. The molecule has 1 aliphatic rings. The van der Waals surface area contributed by atoms with Gasteiger partial charge in [0.1, 0.15) is 5.56 Å². The fraction of sp³-hybridized carbons (Fsp3) is 0.600. The molecule has 0 aliphatic carbocycles. The standard InChI is InChI=1S/C20H28N4O5/c1-4-6-11-29-20(27)23-9-7-13(8-10-23)15-12-16(25)21-18-17(19(26)28-3)14(5-2)22-24(15)18/h12-13H,4-11H2,1-3H3,(H,21,25). The highest BCUT2D eigenvalue weighted by molar-refractivity contribution is 5.97. The van der Waals surface area contributed by atoms with E-state index in [0.29, 0.717) is 55.9 Å². The number of nitrogens with zero attached hydrogens (tertiary/aromatic N) is 3. The summed E-state index contributed by atoms with van der Waals surface area (Å²) in [6.45, 7) is 5.49. The molecule has 0 saturated carbocycles. The van der Waals surface area contributed by atoms with Crippen LogP contribution < -0.4 is 5.56 Å². The van der Waals surface area contributed by atoms with E-state index >= 15 is 0 Å². The van der Waals surface area contributed by atoms with Crippen LogP contribution in [-0.2, 0) is 15.9 Å². The predicted molar refractivity (Wildman–Crippen MR) is 106 cm³/mol. The Labute approximate surface area is 169 Å². The third-order valence-electron chi connectivity index (χ3n) is 5.34. The number of hydrogen-bond donors (Lipinski definition) is 1. The summed E-state index contributed by atoms with van der Waals surface area (Å²) in [6, 6.07) is 1.53. The van der Waals surface area contributed by atoms with Gasteiger partial charge in [-0.05, 0) is 25.7 Å². The number of amides is 1. The number of hydrogen-bond acceptors (Lipinski definition) is 6. The van der Waals surface area contributed by atoms with Crippen LogP contribution in [0.4, 0.5) is 4.79 Å². The number of H-pyrrole nitrogens is 1. The topological polar surface area (TPSA) is 106 Å². The largest absolute Gasteiger partial charge is 0.465 e. The Morgan fingerprint density at radius 2 is 2.00 bits per heavy atom. The lowest BCUT2D eigenvalue weighted by Crippen LogP contribution is -2.39. The Balaban J connectivity index is 1.84. The van der Waals surface area contributed by atoms with Gasteiger partial charge in [-0.25, -0.2) is 14.1 Å². The average Bonchev–Trinajstić information content (AvgIpc) is 3.11. The van der Waals surface area contributed by atoms with Crippen LogP contribution in [0.3, 0.4) is 0 Å². The third-order valence-corrected chi connectivity index (χ3v) is 5.34. The summed E-state index contributed by atoms with van der Waals surface area (Å²) in [5.41, 5.74) is 1.69. The van der Waals surface area contributed by atoms with Gasteiger partial charge in [0.05, 0.1) is 25.1 Å². The van der Waals surface area contributed by atoms with Gasteiger partial charge < -0.3 is 19.4 Å². The van der Waals surface area contributed by atoms with Crippen molar-refractivity contribution in [3.05, 3.63) is 33.4 Å². The molecule has 0 radical (unpaired) electrons. The van der Waals surface area contributed by atoms with E-state index in [0.717, 1.165) is 18.5 Å². The van der Waals surface area contributed by atoms with Crippen LogP contribution in [0.2, 0.25) is 0 Å². The second kappa shape index (κ2) is 9.11. The molecule has 9 nitrogen and oxygen atoms in total. The Kier molecular flexibility index (Phi) is 6.56. The quantitative estimate of drug-likeness (QED) is 0.586. The highest BCUT2D eigenvalue weighted by atomic mass is 16.6. The number of esters is 1. The van der Waals surface area contributed by atoms with E-state index < -0.39 is 5.97 Å². The van der Waals surface area contributed by atoms with E-state index in [1.807, 2.05) is 13.8 Å². The number of unbranched alkanes of at least 4 members (excludes halogenated alkanes) is 1. The first kappa shape index (κ1) is 20.9. The van der Waals surface area contributed by atoms with Gasteiger partial charge >= 0.3 is 12.1 Å². The molecule has 0 atom stereocenters. The summed E-state index contributed by atoms with van der Waals surface area (Å²) >= 11 is 0. The van der Waals surface area contributed by atoms with E-state index in [4.69, 9.17) is 9.47 Å². The smallest absolute Gasteiger partial charge is 0.409 e. The fourth-order valence-corrected chi connectivity index (χ4v) is 3.72. The molecular formula is C20H28N4O5. The molecule has 9 heteroatoms. The van der Waals surface area contributed by atoms with Crippen molar-refractivity contribution in [1.29, 1.82) is 0 Å². The Hall–Kier alpha value is -2.84. The summed E-state index contributed by atoms with van der Waals surface area (Å²) in [6.07, 6.45) is 3.47. The monoisotopic (exact) mass is 404 g/mol. The molecule has 3 rings (SSSR count). The molecule has 2 aromatic rings. The van der Waals surface area contributed by atoms with Gasteiger partial charge in [-0.15, -0.1) is 0 Å². The minimum absolute atomic E-state index is 0.0506. The zero-order chi connectivity index (χ0) is 21.0. The lowest BCUT2D eigenvalue weighted by molar-refractivity contribution is 0.0601. The van der Waals surface area contributed by atoms with Gasteiger partial charge in [-0.2, -0.15) is 5.10 Å². The SMILES string of the molecule is CCCCOC(=O)N1CCC(c2cc(=O)[nH]c3c(C(=O)OC)c(CC)nn23)CC1. The zero-order valence-electron chi connectivity index (χ0n) is 17.2. The molecule has 1 aliphatic heterocycles. The van der Waals surface area contributed by atoms with Crippen molar-refractivity contribution >= 4 is 17.7 Å². The molecule has 158 valence electrons. The molecule has 1 fully saturated rings. The van der Waals surface area contributed by atoms with Crippen LogP contribution in [-0.4, -0.2) is 58.4 Å². The lowest BCUT2D eigenvalue weighted by Gasteiger charge is -2.31. The van der Waals surface area contributed by atoms with E-state index in [1.54, 1.807) is 9.42 Å². The average molecular weight is 404 g/mol. The number of fused-ring (bicyclic) bond motifs is 1. The number of likely N-dealkylation sites (tertiary alicyclic amines) is 1. The van der Waals surface area contributed by atoms with Gasteiger partial charge in [0.25, 0.3) is 5.56 Å². The lowest BCUT2D eigenvalue weighted by atomic mass is 9.93. The number of aryl methyl sites for hydroxylation is 1. The van der Waals surface area contributed by atoms with Crippen LogP contribution in [0.25, 0.3) is 5.65 Å². The van der Waals surface area contributed by atoms with Crippen molar-refractivity contribution in [2.45, 2.75) is 51.9 Å². The van der Waals surface area contributed by atoms with E-state index in [2.05, 4.69) is 10.1 Å². The first-order valence-electron chi connectivity index (χ1n) is 10.1. The summed E-state index contributed by atoms with van der Waals surface area (Å²) < 4.78 is 11.8. The minimum Gasteiger partial charge on any atom is -0.465 e. The van der Waals surface area contributed by atoms with Crippen molar-refractivity contribution in [1.82, 2.24) is 19.5 Å². The summed E-state index contributed by atoms with van der Waals surface area (Å²) in [4.78, 5) is 41.1. The second-order valence-electron chi connectivity index (χ2n) is 7.21. The van der Waals surface area contributed by atoms with Crippen molar-refractivity contribution in [2.24, 2.45) is 0 Å². The third kappa shape index (κ3) is 4.28.